The van der Waals surface area contributed by atoms with E-state index in [-0.39, 0.29) is 0 Å². The van der Waals surface area contributed by atoms with Crippen LogP contribution in [0, 0.1) is 6.92 Å². The summed E-state index contributed by atoms with van der Waals surface area (Å²) in [5, 5.41) is 0. The Morgan fingerprint density at radius 1 is 1.31 bits per heavy atom. The Balaban J connectivity index is 2.37. The molecule has 0 aliphatic rings. The second-order valence-corrected chi connectivity index (χ2v) is 4.74. The van der Waals surface area contributed by atoms with Crippen molar-refractivity contribution in [3.8, 4) is 0 Å². The van der Waals surface area contributed by atoms with Gasteiger partial charge in [-0.2, -0.15) is 0 Å². The quantitative estimate of drug-likeness (QED) is 0.655. The number of hydrogen-bond acceptors (Lipinski definition) is 1. The molecule has 69 valence electrons. The Morgan fingerprint density at radius 2 is 1.92 bits per heavy atom. The second-order valence-electron chi connectivity index (χ2n) is 3.18. The van der Waals surface area contributed by atoms with Gasteiger partial charge < -0.3 is 0 Å². The zero-order valence-electron chi connectivity index (χ0n) is 8.12. The molecule has 0 spiro atoms. The highest BCUT2D eigenvalue weighted by atomic mass is 32.2. The molecular formula is C10H14BOS. The Hall–Kier alpha value is -0.565. The molecule has 3 heteroatoms. The van der Waals surface area contributed by atoms with Gasteiger partial charge in [0.25, 0.3) is 0 Å². The van der Waals surface area contributed by atoms with Gasteiger partial charge in [0, 0.05) is 22.8 Å². The van der Waals surface area contributed by atoms with Crippen molar-refractivity contribution in [3.63, 3.8) is 0 Å². The lowest BCUT2D eigenvalue weighted by Crippen LogP contribution is -2.15. The molecule has 0 aliphatic heterocycles. The topological polar surface area (TPSA) is 17.1 Å². The van der Waals surface area contributed by atoms with E-state index in [1.165, 1.54) is 11.0 Å². The molecule has 1 atom stereocenters. The number of hydrogen-bond donors (Lipinski definition) is 0. The molecule has 0 saturated heterocycles. The van der Waals surface area contributed by atoms with Gasteiger partial charge >= 0.3 is 0 Å². The molecule has 0 N–H and O–H groups in total. The van der Waals surface area contributed by atoms with Gasteiger partial charge in [-0.3, -0.25) is 4.21 Å². The van der Waals surface area contributed by atoms with Gasteiger partial charge in [0.15, 0.2) is 7.28 Å². The molecule has 0 aliphatic carbocycles. The van der Waals surface area contributed by atoms with Crippen LogP contribution in [0.25, 0.3) is 0 Å². The third-order valence-electron chi connectivity index (χ3n) is 1.86. The van der Waals surface area contributed by atoms with E-state index in [1.54, 1.807) is 6.26 Å². The van der Waals surface area contributed by atoms with Crippen molar-refractivity contribution in [1.82, 2.24) is 0 Å². The van der Waals surface area contributed by atoms with Crippen LogP contribution in [-0.2, 0) is 10.8 Å². The highest BCUT2D eigenvalue weighted by Crippen LogP contribution is 1.93. The fourth-order valence-corrected chi connectivity index (χ4v) is 1.54. The standard InChI is InChI=1S/C10H14BOS/c1-9-3-5-10(6-4-9)11-7-8-13(2)12/h3-6H,7-8H2,1-2H3. The van der Waals surface area contributed by atoms with Crippen molar-refractivity contribution in [3.05, 3.63) is 29.8 Å². The number of rotatable bonds is 4. The van der Waals surface area contributed by atoms with E-state index in [0.29, 0.717) is 0 Å². The van der Waals surface area contributed by atoms with Crippen LogP contribution >= 0.6 is 0 Å². The molecule has 1 rings (SSSR count). The molecule has 1 radical (unpaired) electrons. The Bertz CT molecular complexity index is 281. The predicted octanol–water partition coefficient (Wildman–Crippen LogP) is 1.12. The van der Waals surface area contributed by atoms with Crippen LogP contribution in [0.15, 0.2) is 24.3 Å². The third-order valence-corrected chi connectivity index (χ3v) is 2.67. The van der Waals surface area contributed by atoms with Crippen molar-refractivity contribution in [1.29, 1.82) is 0 Å². The number of benzene rings is 1. The van der Waals surface area contributed by atoms with Gasteiger partial charge in [0.1, 0.15) is 0 Å². The van der Waals surface area contributed by atoms with E-state index in [9.17, 15) is 4.21 Å². The molecular weight excluding hydrogens is 179 g/mol. The van der Waals surface area contributed by atoms with Crippen molar-refractivity contribution >= 4 is 23.5 Å². The summed E-state index contributed by atoms with van der Waals surface area (Å²) < 4.78 is 10.8. The third kappa shape index (κ3) is 4.27. The van der Waals surface area contributed by atoms with E-state index in [2.05, 4.69) is 38.5 Å². The van der Waals surface area contributed by atoms with Crippen molar-refractivity contribution in [2.45, 2.75) is 13.2 Å². The molecule has 0 heterocycles. The monoisotopic (exact) mass is 193 g/mol. The fraction of sp³-hybridized carbons (Fsp3) is 0.400. The maximum atomic E-state index is 10.8. The zero-order valence-corrected chi connectivity index (χ0v) is 8.93. The molecule has 13 heavy (non-hydrogen) atoms. The number of aryl methyl sites for hydroxylation is 1. The predicted molar refractivity (Wildman–Crippen MR) is 60.3 cm³/mol. The van der Waals surface area contributed by atoms with Gasteiger partial charge in [-0.1, -0.05) is 41.6 Å². The maximum absolute atomic E-state index is 10.8. The van der Waals surface area contributed by atoms with Crippen LogP contribution in [0.4, 0.5) is 0 Å². The molecule has 0 aromatic heterocycles. The van der Waals surface area contributed by atoms with Gasteiger partial charge in [0.2, 0.25) is 0 Å². The summed E-state index contributed by atoms with van der Waals surface area (Å²) >= 11 is 0. The van der Waals surface area contributed by atoms with Crippen LogP contribution < -0.4 is 5.46 Å². The summed E-state index contributed by atoms with van der Waals surface area (Å²) in [7, 11) is 1.45. The van der Waals surface area contributed by atoms with Crippen molar-refractivity contribution in [2.75, 3.05) is 12.0 Å². The minimum Gasteiger partial charge on any atom is -0.260 e. The van der Waals surface area contributed by atoms with E-state index < -0.39 is 10.8 Å². The highest BCUT2D eigenvalue weighted by Gasteiger charge is 1.96. The first-order valence-corrected chi connectivity index (χ1v) is 6.11. The van der Waals surface area contributed by atoms with Crippen LogP contribution in [0.1, 0.15) is 5.56 Å². The maximum Gasteiger partial charge on any atom is 0.152 e. The van der Waals surface area contributed by atoms with Crippen LogP contribution in [0.5, 0.6) is 0 Å². The van der Waals surface area contributed by atoms with E-state index >= 15 is 0 Å². The fourth-order valence-electron chi connectivity index (χ4n) is 1.09. The Labute approximate surface area is 83.3 Å². The Morgan fingerprint density at radius 3 is 2.46 bits per heavy atom. The summed E-state index contributed by atoms with van der Waals surface area (Å²) in [6.07, 6.45) is 2.63. The minimum atomic E-state index is -0.675. The molecule has 1 unspecified atom stereocenters. The van der Waals surface area contributed by atoms with Gasteiger partial charge in [-0.15, -0.1) is 0 Å². The normalized spacial score (nSPS) is 12.5. The second kappa shape index (κ2) is 5.23. The largest absolute Gasteiger partial charge is 0.260 e. The highest BCUT2D eigenvalue weighted by molar-refractivity contribution is 7.84. The van der Waals surface area contributed by atoms with Gasteiger partial charge in [-0.25, -0.2) is 0 Å². The average molecular weight is 193 g/mol. The summed E-state index contributed by atoms with van der Waals surface area (Å²) in [5.74, 6) is 0.758. The molecule has 1 aromatic carbocycles. The SMILES string of the molecule is Cc1ccc([B]CCS(C)=O)cc1. The van der Waals surface area contributed by atoms with Crippen molar-refractivity contribution < 1.29 is 4.21 Å². The van der Waals surface area contributed by atoms with Crippen LogP contribution in [0.3, 0.4) is 0 Å². The van der Waals surface area contributed by atoms with Crippen molar-refractivity contribution in [2.24, 2.45) is 0 Å². The first kappa shape index (κ1) is 10.5. The van der Waals surface area contributed by atoms with E-state index in [1.807, 2.05) is 0 Å². The van der Waals surface area contributed by atoms with E-state index in [4.69, 9.17) is 0 Å². The molecule has 1 nitrogen and oxygen atoms in total. The summed E-state index contributed by atoms with van der Waals surface area (Å²) in [6.45, 7) is 2.07. The molecule has 0 saturated carbocycles. The lowest BCUT2D eigenvalue weighted by molar-refractivity contribution is 0.687. The zero-order chi connectivity index (χ0) is 9.68. The van der Waals surface area contributed by atoms with E-state index in [0.717, 1.165) is 12.1 Å². The van der Waals surface area contributed by atoms with Crippen LogP contribution in [0.2, 0.25) is 6.32 Å². The molecule has 0 amide bonds. The van der Waals surface area contributed by atoms with Gasteiger partial charge in [-0.05, 0) is 6.92 Å². The first-order valence-electron chi connectivity index (χ1n) is 4.38. The lowest BCUT2D eigenvalue weighted by Gasteiger charge is -1.99. The Kier molecular flexibility index (Phi) is 4.23. The summed E-state index contributed by atoms with van der Waals surface area (Å²) in [6, 6.07) is 8.37. The molecule has 0 bridgehead atoms. The average Bonchev–Trinajstić information content (AvgIpc) is 2.08. The summed E-state index contributed by atoms with van der Waals surface area (Å²) in [5.41, 5.74) is 2.49. The minimum absolute atomic E-state index is 0.675. The molecule has 0 fully saturated rings. The van der Waals surface area contributed by atoms with Gasteiger partial charge in [0.05, 0.1) is 0 Å². The smallest absolute Gasteiger partial charge is 0.152 e. The lowest BCUT2D eigenvalue weighted by atomic mass is 9.68. The summed E-state index contributed by atoms with van der Waals surface area (Å²) in [4.78, 5) is 0. The molecule has 1 aromatic rings. The van der Waals surface area contributed by atoms with Crippen LogP contribution in [-0.4, -0.2) is 23.5 Å². The first-order chi connectivity index (χ1) is 6.18.